The van der Waals surface area contributed by atoms with Crippen LogP contribution < -0.4 is 10.1 Å². The second-order valence-electron chi connectivity index (χ2n) is 8.40. The summed E-state index contributed by atoms with van der Waals surface area (Å²) >= 11 is 0. The molecule has 7 heteroatoms. The summed E-state index contributed by atoms with van der Waals surface area (Å²) < 4.78 is 5.55. The molecule has 0 aromatic heterocycles. The monoisotopic (exact) mass is 455 g/mol. The van der Waals surface area contributed by atoms with Crippen molar-refractivity contribution in [3.63, 3.8) is 0 Å². The van der Waals surface area contributed by atoms with Crippen LogP contribution in [0, 0.1) is 0 Å². The number of imide groups is 1. The van der Waals surface area contributed by atoms with Gasteiger partial charge < -0.3 is 15.0 Å². The van der Waals surface area contributed by atoms with E-state index in [1.54, 1.807) is 31.4 Å². The van der Waals surface area contributed by atoms with Crippen molar-refractivity contribution in [1.82, 2.24) is 9.80 Å². The van der Waals surface area contributed by atoms with Gasteiger partial charge in [0.15, 0.2) is 0 Å². The average Bonchev–Trinajstić information content (AvgIpc) is 3.10. The van der Waals surface area contributed by atoms with Crippen LogP contribution in [0.15, 0.2) is 66.7 Å². The average molecular weight is 456 g/mol. The van der Waals surface area contributed by atoms with Crippen molar-refractivity contribution in [1.29, 1.82) is 0 Å². The molecule has 0 fully saturated rings. The highest BCUT2D eigenvalue weighted by molar-refractivity contribution is 6.21. The van der Waals surface area contributed by atoms with Crippen LogP contribution in [0.2, 0.25) is 0 Å². The molecular formula is C27H25N3O4. The van der Waals surface area contributed by atoms with Crippen LogP contribution in [-0.2, 0) is 6.54 Å². The van der Waals surface area contributed by atoms with Crippen LogP contribution in [0.25, 0.3) is 0 Å². The maximum absolute atomic E-state index is 13.3. The Morgan fingerprint density at radius 2 is 1.50 bits per heavy atom. The van der Waals surface area contributed by atoms with E-state index in [2.05, 4.69) is 5.32 Å². The molecule has 2 heterocycles. The maximum atomic E-state index is 13.3. The predicted molar refractivity (Wildman–Crippen MR) is 128 cm³/mol. The van der Waals surface area contributed by atoms with Crippen molar-refractivity contribution in [2.24, 2.45) is 0 Å². The van der Waals surface area contributed by atoms with Gasteiger partial charge in [-0.05, 0) is 48.4 Å². The van der Waals surface area contributed by atoms with Gasteiger partial charge >= 0.3 is 0 Å². The Balaban J connectivity index is 1.51. The van der Waals surface area contributed by atoms with Crippen LogP contribution in [0.5, 0.6) is 5.75 Å². The molecule has 1 atom stereocenters. The Labute approximate surface area is 197 Å². The van der Waals surface area contributed by atoms with E-state index < -0.39 is 0 Å². The molecule has 2 aliphatic rings. The molecule has 3 aromatic rings. The molecule has 34 heavy (non-hydrogen) atoms. The van der Waals surface area contributed by atoms with Crippen molar-refractivity contribution < 1.29 is 19.1 Å². The van der Waals surface area contributed by atoms with E-state index in [-0.39, 0.29) is 30.4 Å². The molecule has 7 nitrogen and oxygen atoms in total. The first-order chi connectivity index (χ1) is 16.5. The van der Waals surface area contributed by atoms with E-state index in [0.29, 0.717) is 34.5 Å². The summed E-state index contributed by atoms with van der Waals surface area (Å²) in [5, 5.41) is 3.49. The van der Waals surface area contributed by atoms with Crippen molar-refractivity contribution in [3.8, 4) is 5.75 Å². The standard InChI is InChI=1S/C27H25N3O4/c1-3-14-29-24(28-22-11-7-6-10-21(22)27(29)33)17-12-13-23(34-2)18(15-17)16-30-25(31)19-8-4-5-9-20(19)26(30)32/h4-13,15,24,28H,3,14,16H2,1-2H3/t24-/m1/s1. The second-order valence-corrected chi connectivity index (χ2v) is 8.40. The largest absolute Gasteiger partial charge is 0.496 e. The number of amides is 3. The molecule has 0 spiro atoms. The van der Waals surface area contributed by atoms with E-state index in [1.807, 2.05) is 54.3 Å². The lowest BCUT2D eigenvalue weighted by molar-refractivity contribution is 0.0640. The van der Waals surface area contributed by atoms with Crippen LogP contribution in [0.3, 0.4) is 0 Å². The topological polar surface area (TPSA) is 79.0 Å². The summed E-state index contributed by atoms with van der Waals surface area (Å²) in [5.74, 6) is -0.0927. The van der Waals surface area contributed by atoms with Gasteiger partial charge in [-0.1, -0.05) is 37.3 Å². The number of anilines is 1. The number of nitrogens with one attached hydrogen (secondary N) is 1. The fourth-order valence-corrected chi connectivity index (χ4v) is 4.67. The van der Waals surface area contributed by atoms with E-state index in [9.17, 15) is 14.4 Å². The normalized spacial score (nSPS) is 16.9. The van der Waals surface area contributed by atoms with Crippen molar-refractivity contribution in [2.75, 3.05) is 19.0 Å². The first-order valence-electron chi connectivity index (χ1n) is 11.3. The maximum Gasteiger partial charge on any atom is 0.261 e. The Morgan fingerprint density at radius 3 is 2.15 bits per heavy atom. The summed E-state index contributed by atoms with van der Waals surface area (Å²) in [7, 11) is 1.56. The van der Waals surface area contributed by atoms with E-state index in [0.717, 1.165) is 17.7 Å². The second kappa shape index (κ2) is 8.67. The fourth-order valence-electron chi connectivity index (χ4n) is 4.67. The van der Waals surface area contributed by atoms with E-state index in [4.69, 9.17) is 4.74 Å². The van der Waals surface area contributed by atoms with Gasteiger partial charge in [0.25, 0.3) is 17.7 Å². The lowest BCUT2D eigenvalue weighted by Gasteiger charge is -2.38. The zero-order chi connectivity index (χ0) is 23.8. The summed E-state index contributed by atoms with van der Waals surface area (Å²) in [6.45, 7) is 2.70. The summed E-state index contributed by atoms with van der Waals surface area (Å²) in [5.41, 5.74) is 3.79. The molecule has 0 saturated carbocycles. The number of nitrogens with zero attached hydrogens (tertiary/aromatic N) is 2. The number of carbonyl (C=O) groups is 3. The van der Waals surface area contributed by atoms with Crippen LogP contribution in [-0.4, -0.2) is 41.2 Å². The highest BCUT2D eigenvalue weighted by Gasteiger charge is 2.36. The number of rotatable bonds is 6. The van der Waals surface area contributed by atoms with Gasteiger partial charge in [0.1, 0.15) is 11.9 Å². The van der Waals surface area contributed by atoms with Crippen LogP contribution in [0.4, 0.5) is 5.69 Å². The number of para-hydroxylation sites is 1. The molecule has 5 rings (SSSR count). The van der Waals surface area contributed by atoms with E-state index >= 15 is 0 Å². The van der Waals surface area contributed by atoms with Gasteiger partial charge in [0, 0.05) is 17.8 Å². The quantitative estimate of drug-likeness (QED) is 0.555. The number of carbonyl (C=O) groups excluding carboxylic acids is 3. The Morgan fingerprint density at radius 1 is 0.853 bits per heavy atom. The molecule has 0 unspecified atom stereocenters. The van der Waals surface area contributed by atoms with Gasteiger partial charge in [-0.3, -0.25) is 19.3 Å². The van der Waals surface area contributed by atoms with Gasteiger partial charge in [-0.2, -0.15) is 0 Å². The number of ether oxygens (including phenoxy) is 1. The molecule has 2 aliphatic heterocycles. The SMILES string of the molecule is CCCN1C(=O)c2ccccc2N[C@H]1c1ccc(OC)c(CN2C(=O)c3ccccc3C2=O)c1. The van der Waals surface area contributed by atoms with E-state index in [1.165, 1.54) is 4.90 Å². The Bertz CT molecular complexity index is 1270. The van der Waals surface area contributed by atoms with Gasteiger partial charge in [0.2, 0.25) is 0 Å². The Kier molecular flexibility index (Phi) is 5.53. The summed E-state index contributed by atoms with van der Waals surface area (Å²) in [6.07, 6.45) is 0.429. The number of benzene rings is 3. The van der Waals surface area contributed by atoms with Crippen molar-refractivity contribution in [2.45, 2.75) is 26.1 Å². The van der Waals surface area contributed by atoms with Crippen molar-refractivity contribution >= 4 is 23.4 Å². The molecule has 0 bridgehead atoms. The third kappa shape index (κ3) is 3.50. The molecule has 172 valence electrons. The zero-order valence-corrected chi connectivity index (χ0v) is 19.1. The van der Waals surface area contributed by atoms with Crippen molar-refractivity contribution in [3.05, 3.63) is 94.5 Å². The molecule has 0 radical (unpaired) electrons. The lowest BCUT2D eigenvalue weighted by atomic mass is 10.0. The lowest BCUT2D eigenvalue weighted by Crippen LogP contribution is -2.43. The van der Waals surface area contributed by atoms with Crippen LogP contribution in [0.1, 0.15) is 61.7 Å². The smallest absolute Gasteiger partial charge is 0.261 e. The number of fused-ring (bicyclic) bond motifs is 2. The summed E-state index contributed by atoms with van der Waals surface area (Å²) in [4.78, 5) is 42.1. The molecular weight excluding hydrogens is 430 g/mol. The third-order valence-electron chi connectivity index (χ3n) is 6.31. The molecule has 0 aliphatic carbocycles. The molecule has 3 amide bonds. The minimum absolute atomic E-state index is 0.0288. The number of hydrogen-bond donors (Lipinski definition) is 1. The molecule has 3 aromatic carbocycles. The highest BCUT2D eigenvalue weighted by Crippen LogP contribution is 2.35. The predicted octanol–water partition coefficient (Wildman–Crippen LogP) is 4.47. The first-order valence-corrected chi connectivity index (χ1v) is 11.3. The van der Waals surface area contributed by atoms with Gasteiger partial charge in [-0.15, -0.1) is 0 Å². The van der Waals surface area contributed by atoms with Gasteiger partial charge in [-0.25, -0.2) is 0 Å². The molecule has 0 saturated heterocycles. The summed E-state index contributed by atoms with van der Waals surface area (Å²) in [6, 6.07) is 19.9. The number of methoxy groups -OCH3 is 1. The zero-order valence-electron chi connectivity index (χ0n) is 19.1. The Hall–Kier alpha value is -4.13. The number of hydrogen-bond acceptors (Lipinski definition) is 5. The van der Waals surface area contributed by atoms with Crippen LogP contribution >= 0.6 is 0 Å². The minimum Gasteiger partial charge on any atom is -0.496 e. The fraction of sp³-hybridized carbons (Fsp3) is 0.222. The first kappa shape index (κ1) is 21.7. The van der Waals surface area contributed by atoms with Gasteiger partial charge in [0.05, 0.1) is 30.3 Å². The minimum atomic E-state index is -0.380. The molecule has 1 N–H and O–H groups in total. The third-order valence-corrected chi connectivity index (χ3v) is 6.31. The highest BCUT2D eigenvalue weighted by atomic mass is 16.5.